The average Bonchev–Trinajstić information content (AvgIpc) is 2.72. The number of alkyl halides is 3. The van der Waals surface area contributed by atoms with Crippen LogP contribution in [0.15, 0.2) is 42.5 Å². The first-order valence-corrected chi connectivity index (χ1v) is 9.42. The lowest BCUT2D eigenvalue weighted by molar-refractivity contribution is -0.138. The summed E-state index contributed by atoms with van der Waals surface area (Å²) in [6.45, 7) is 3.56. The lowest BCUT2D eigenvalue weighted by atomic mass is 10.0. The van der Waals surface area contributed by atoms with E-state index < -0.39 is 28.8 Å². The number of halogens is 3. The highest BCUT2D eigenvalue weighted by molar-refractivity contribution is 5.97. The molecule has 2 rings (SSSR count). The Hall–Kier alpha value is -3.56. The molecule has 6 nitrogen and oxygen atoms in total. The molecule has 0 heterocycles. The van der Waals surface area contributed by atoms with E-state index in [0.717, 1.165) is 6.07 Å². The van der Waals surface area contributed by atoms with E-state index in [1.54, 1.807) is 29.2 Å². The molecular weight excluding hydrogens is 409 g/mol. The predicted molar refractivity (Wildman–Crippen MR) is 109 cm³/mol. The highest BCUT2D eigenvalue weighted by atomic mass is 19.4. The van der Waals surface area contributed by atoms with E-state index in [1.807, 2.05) is 13.0 Å². The third kappa shape index (κ3) is 5.97. The molecule has 0 bridgehead atoms. The second-order valence-electron chi connectivity index (χ2n) is 7.18. The van der Waals surface area contributed by atoms with E-state index in [4.69, 9.17) is 10.5 Å². The van der Waals surface area contributed by atoms with Crippen molar-refractivity contribution in [3.05, 3.63) is 59.2 Å². The lowest BCUT2D eigenvalue weighted by Gasteiger charge is -2.32. The Morgan fingerprint density at radius 2 is 1.77 bits per heavy atom. The van der Waals surface area contributed by atoms with Gasteiger partial charge in [0.1, 0.15) is 0 Å². The Bertz CT molecular complexity index is 1020. The van der Waals surface area contributed by atoms with E-state index in [9.17, 15) is 23.1 Å². The molecule has 0 aliphatic heterocycles. The highest BCUT2D eigenvalue weighted by Gasteiger charge is 2.36. The molecule has 0 radical (unpaired) electrons. The van der Waals surface area contributed by atoms with E-state index in [1.165, 1.54) is 19.1 Å². The van der Waals surface area contributed by atoms with Crippen molar-refractivity contribution < 1.29 is 23.1 Å². The van der Waals surface area contributed by atoms with Crippen LogP contribution in [0.1, 0.15) is 37.0 Å². The lowest BCUT2D eigenvalue weighted by Crippen LogP contribution is -2.50. The Morgan fingerprint density at radius 1 is 1.13 bits per heavy atom. The van der Waals surface area contributed by atoms with Crippen molar-refractivity contribution in [3.8, 4) is 12.1 Å². The molecule has 162 valence electrons. The maximum absolute atomic E-state index is 13.1. The van der Waals surface area contributed by atoms with Gasteiger partial charge in [-0.15, -0.1) is 0 Å². The van der Waals surface area contributed by atoms with Gasteiger partial charge in [-0.3, -0.25) is 4.79 Å². The summed E-state index contributed by atoms with van der Waals surface area (Å²) in [7, 11) is 0. The largest absolute Gasteiger partial charge is 0.417 e. The number of carbonyl (C=O) groups excluding carboxylic acids is 1. The molecule has 31 heavy (non-hydrogen) atoms. The summed E-state index contributed by atoms with van der Waals surface area (Å²) in [4.78, 5) is 14.4. The van der Waals surface area contributed by atoms with Gasteiger partial charge in [0.05, 0.1) is 35.4 Å². The predicted octanol–water partition coefficient (Wildman–Crippen LogP) is 4.05. The van der Waals surface area contributed by atoms with Crippen LogP contribution in [0.2, 0.25) is 0 Å². The maximum Gasteiger partial charge on any atom is 0.417 e. The van der Waals surface area contributed by atoms with Crippen LogP contribution in [0, 0.1) is 22.7 Å². The minimum absolute atomic E-state index is 0.124. The second kappa shape index (κ2) is 9.50. The van der Waals surface area contributed by atoms with Gasteiger partial charge in [-0.1, -0.05) is 6.92 Å². The van der Waals surface area contributed by atoms with E-state index in [-0.39, 0.29) is 12.2 Å². The van der Waals surface area contributed by atoms with Crippen LogP contribution < -0.4 is 10.2 Å². The van der Waals surface area contributed by atoms with E-state index in [2.05, 4.69) is 5.32 Å². The number of aliphatic hydroxyl groups is 1. The van der Waals surface area contributed by atoms with Crippen molar-refractivity contribution in [3.63, 3.8) is 0 Å². The van der Waals surface area contributed by atoms with E-state index >= 15 is 0 Å². The Balaban J connectivity index is 2.23. The van der Waals surface area contributed by atoms with Gasteiger partial charge in [0, 0.05) is 17.9 Å². The molecule has 0 saturated heterocycles. The number of hydrogen-bond donors (Lipinski definition) is 2. The van der Waals surface area contributed by atoms with Crippen molar-refractivity contribution in [2.24, 2.45) is 0 Å². The van der Waals surface area contributed by atoms with Gasteiger partial charge in [0.15, 0.2) is 5.60 Å². The van der Waals surface area contributed by atoms with Crippen molar-refractivity contribution in [2.45, 2.75) is 32.0 Å². The van der Waals surface area contributed by atoms with E-state index in [0.29, 0.717) is 30.3 Å². The first-order valence-electron chi connectivity index (χ1n) is 9.42. The third-order valence-electron chi connectivity index (χ3n) is 4.55. The number of nitrogens with one attached hydrogen (secondary N) is 1. The van der Waals surface area contributed by atoms with Gasteiger partial charge in [0.2, 0.25) is 0 Å². The van der Waals surface area contributed by atoms with Crippen LogP contribution in [0.3, 0.4) is 0 Å². The number of anilines is 2. The zero-order valence-electron chi connectivity index (χ0n) is 17.0. The number of nitriles is 2. The monoisotopic (exact) mass is 430 g/mol. The third-order valence-corrected chi connectivity index (χ3v) is 4.55. The molecular formula is C22H21F3N4O2. The molecule has 0 aliphatic rings. The standard InChI is InChI=1S/C22H21F3N4O2/c1-3-10-29(18-8-4-15(12-26)5-9-18)14-21(2,31)20(30)28-17-7-6-16(13-27)19(11-17)22(23,24)25/h4-9,11,31H,3,10,14H2,1-2H3,(H,28,30)/t21-/m0/s1. The summed E-state index contributed by atoms with van der Waals surface area (Å²) in [5, 5.41) is 30.8. The van der Waals surface area contributed by atoms with Gasteiger partial charge in [-0.2, -0.15) is 23.7 Å². The van der Waals surface area contributed by atoms with Gasteiger partial charge in [-0.05, 0) is 55.8 Å². The summed E-state index contributed by atoms with van der Waals surface area (Å²) < 4.78 is 39.4. The number of nitrogens with zero attached hydrogens (tertiary/aromatic N) is 3. The van der Waals surface area contributed by atoms with Crippen LogP contribution in [0.5, 0.6) is 0 Å². The van der Waals surface area contributed by atoms with Gasteiger partial charge in [-0.25, -0.2) is 0 Å². The summed E-state index contributed by atoms with van der Waals surface area (Å²) in [5.74, 6) is -0.889. The molecule has 2 aromatic rings. The fourth-order valence-electron chi connectivity index (χ4n) is 2.98. The minimum atomic E-state index is -4.76. The van der Waals surface area contributed by atoms with Crippen LogP contribution >= 0.6 is 0 Å². The van der Waals surface area contributed by atoms with Crippen molar-refractivity contribution >= 4 is 17.3 Å². The maximum atomic E-state index is 13.1. The van der Waals surface area contributed by atoms with Gasteiger partial charge >= 0.3 is 6.18 Å². The fourth-order valence-corrected chi connectivity index (χ4v) is 2.98. The van der Waals surface area contributed by atoms with Crippen LogP contribution in [0.25, 0.3) is 0 Å². The highest BCUT2D eigenvalue weighted by Crippen LogP contribution is 2.33. The fraction of sp³-hybridized carbons (Fsp3) is 0.318. The zero-order valence-corrected chi connectivity index (χ0v) is 17.0. The van der Waals surface area contributed by atoms with Crippen molar-refractivity contribution in [1.82, 2.24) is 0 Å². The topological polar surface area (TPSA) is 100 Å². The van der Waals surface area contributed by atoms with Crippen molar-refractivity contribution in [2.75, 3.05) is 23.3 Å². The molecule has 0 aliphatic carbocycles. The molecule has 0 aromatic heterocycles. The molecule has 1 atom stereocenters. The smallest absolute Gasteiger partial charge is 0.378 e. The average molecular weight is 430 g/mol. The zero-order chi connectivity index (χ0) is 23.2. The number of carbonyl (C=O) groups is 1. The quantitative estimate of drug-likeness (QED) is 0.690. The molecule has 2 N–H and O–H groups in total. The van der Waals surface area contributed by atoms with Crippen molar-refractivity contribution in [1.29, 1.82) is 10.5 Å². The Morgan fingerprint density at radius 3 is 2.29 bits per heavy atom. The van der Waals surface area contributed by atoms with Gasteiger partial charge in [0.25, 0.3) is 5.91 Å². The number of hydrogen-bond acceptors (Lipinski definition) is 5. The summed E-state index contributed by atoms with van der Waals surface area (Å²) in [6, 6.07) is 12.9. The van der Waals surface area contributed by atoms with Crippen LogP contribution in [-0.4, -0.2) is 29.7 Å². The summed E-state index contributed by atoms with van der Waals surface area (Å²) in [5.41, 5.74) is -2.70. The second-order valence-corrected chi connectivity index (χ2v) is 7.18. The first-order chi connectivity index (χ1) is 14.5. The SMILES string of the molecule is CCCN(C[C@](C)(O)C(=O)Nc1ccc(C#N)c(C(F)(F)F)c1)c1ccc(C#N)cc1. The molecule has 0 fully saturated rings. The molecule has 9 heteroatoms. The molecule has 1 amide bonds. The van der Waals surface area contributed by atoms with Crippen LogP contribution in [-0.2, 0) is 11.0 Å². The number of benzene rings is 2. The molecule has 0 saturated carbocycles. The molecule has 0 unspecified atom stereocenters. The Labute approximate surface area is 178 Å². The molecule has 2 aromatic carbocycles. The normalized spacial score (nSPS) is 12.9. The molecule has 0 spiro atoms. The minimum Gasteiger partial charge on any atom is -0.378 e. The summed E-state index contributed by atoms with van der Waals surface area (Å²) in [6.07, 6.45) is -4.05. The van der Waals surface area contributed by atoms with Gasteiger partial charge < -0.3 is 15.3 Å². The Kier molecular flexibility index (Phi) is 7.27. The first kappa shape index (κ1) is 23.7. The number of rotatable bonds is 7. The number of amides is 1. The summed E-state index contributed by atoms with van der Waals surface area (Å²) >= 11 is 0. The van der Waals surface area contributed by atoms with Crippen LogP contribution in [0.4, 0.5) is 24.5 Å².